The van der Waals surface area contributed by atoms with Gasteiger partial charge >= 0.3 is 0 Å². The minimum Gasteiger partial charge on any atom is -0.192 e. The molecule has 0 N–H and O–H groups in total. The van der Waals surface area contributed by atoms with Crippen molar-refractivity contribution < 1.29 is 0 Å². The first-order valence-corrected chi connectivity index (χ1v) is 26.5. The molecule has 0 heterocycles. The maximum Gasteiger partial charge on any atom is 0.0998 e. The number of aryl methyl sites for hydroxylation is 8. The minimum atomic E-state index is 0.482. The van der Waals surface area contributed by atoms with E-state index in [2.05, 4.69) is 187 Å². The number of fused-ring (bicyclic) bond motifs is 11. The van der Waals surface area contributed by atoms with Crippen LogP contribution in [-0.2, 0) is 0 Å². The van der Waals surface area contributed by atoms with Crippen LogP contribution in [0.3, 0.4) is 0 Å². The van der Waals surface area contributed by atoms with Crippen molar-refractivity contribution in [3.05, 3.63) is 212 Å². The topological polar surface area (TPSA) is 95.2 Å². The zero-order valence-electron chi connectivity index (χ0n) is 44.6. The van der Waals surface area contributed by atoms with Crippen molar-refractivity contribution in [3.63, 3.8) is 0 Å². The molecule has 0 saturated carbocycles. The average molecular weight is 993 g/mol. The Morgan fingerprint density at radius 1 is 0.244 bits per heavy atom. The van der Waals surface area contributed by atoms with E-state index in [1.54, 1.807) is 12.1 Å². The molecular formula is C74H48N4. The van der Waals surface area contributed by atoms with Gasteiger partial charge in [0.05, 0.1) is 46.5 Å². The maximum absolute atomic E-state index is 10.5. The molecule has 0 aromatic heterocycles. The average Bonchev–Trinajstić information content (AvgIpc) is 4.14. The third kappa shape index (κ3) is 6.42. The molecule has 14 rings (SSSR count). The van der Waals surface area contributed by atoms with Crippen LogP contribution in [0.5, 0.6) is 0 Å². The zero-order valence-corrected chi connectivity index (χ0v) is 44.6. The van der Waals surface area contributed by atoms with Crippen LogP contribution in [0, 0.1) is 101 Å². The molecule has 0 unspecified atom stereocenters. The second-order valence-electron chi connectivity index (χ2n) is 22.0. The highest BCUT2D eigenvalue weighted by atomic mass is 14.3. The summed E-state index contributed by atoms with van der Waals surface area (Å²) < 4.78 is 0. The van der Waals surface area contributed by atoms with E-state index in [1.165, 1.54) is 143 Å². The third-order valence-electron chi connectivity index (χ3n) is 17.2. The zero-order chi connectivity index (χ0) is 53.7. The second kappa shape index (κ2) is 16.7. The van der Waals surface area contributed by atoms with E-state index in [4.69, 9.17) is 0 Å². The Kier molecular flexibility index (Phi) is 9.94. The molecule has 78 heavy (non-hydrogen) atoms. The molecule has 4 nitrogen and oxygen atoms in total. The van der Waals surface area contributed by atoms with Crippen LogP contribution in [0.1, 0.15) is 66.8 Å². The fourth-order valence-electron chi connectivity index (χ4n) is 14.4. The molecule has 0 spiro atoms. The summed E-state index contributed by atoms with van der Waals surface area (Å²) in [5, 5.41) is 52.2. The van der Waals surface area contributed by atoms with Crippen molar-refractivity contribution in [3.8, 4) is 113 Å². The van der Waals surface area contributed by atoms with Crippen molar-refractivity contribution in [1.82, 2.24) is 0 Å². The summed E-state index contributed by atoms with van der Waals surface area (Å²) in [4.78, 5) is 0. The lowest BCUT2D eigenvalue weighted by molar-refractivity contribution is 1.32. The van der Waals surface area contributed by atoms with Crippen LogP contribution < -0.4 is 0 Å². The van der Waals surface area contributed by atoms with Crippen LogP contribution in [0.2, 0.25) is 0 Å². The number of nitriles is 4. The largest absolute Gasteiger partial charge is 0.192 e. The van der Waals surface area contributed by atoms with E-state index in [0.29, 0.717) is 22.3 Å². The number of rotatable bonds is 4. The molecule has 2 aliphatic rings. The summed E-state index contributed by atoms with van der Waals surface area (Å²) in [5.41, 5.74) is 29.2. The van der Waals surface area contributed by atoms with Gasteiger partial charge in [-0.2, -0.15) is 21.0 Å². The Bertz CT molecular complexity index is 4670. The molecule has 0 amide bonds. The molecule has 0 bridgehead atoms. The maximum atomic E-state index is 10.5. The van der Waals surface area contributed by atoms with Gasteiger partial charge in [-0.25, -0.2) is 0 Å². The summed E-state index contributed by atoms with van der Waals surface area (Å²) in [5.74, 6) is 0. The van der Waals surface area contributed by atoms with E-state index in [0.717, 1.165) is 44.2 Å². The van der Waals surface area contributed by atoms with Crippen LogP contribution >= 0.6 is 0 Å². The Balaban J connectivity index is 1.10. The number of nitrogens with zero attached hydrogens (tertiary/aromatic N) is 4. The molecule has 364 valence electrons. The molecule has 2 aliphatic carbocycles. The highest BCUT2D eigenvalue weighted by Crippen LogP contribution is 2.56. The van der Waals surface area contributed by atoms with Crippen molar-refractivity contribution in [2.75, 3.05) is 0 Å². The van der Waals surface area contributed by atoms with Gasteiger partial charge in [0.15, 0.2) is 0 Å². The quantitative estimate of drug-likeness (QED) is 0.164. The van der Waals surface area contributed by atoms with Gasteiger partial charge in [0.2, 0.25) is 0 Å². The van der Waals surface area contributed by atoms with E-state index in [-0.39, 0.29) is 0 Å². The van der Waals surface area contributed by atoms with Gasteiger partial charge in [0, 0.05) is 11.1 Å². The normalized spacial score (nSPS) is 11.8. The number of hydrogen-bond donors (Lipinski definition) is 0. The van der Waals surface area contributed by atoms with Crippen LogP contribution in [-0.4, -0.2) is 0 Å². The SMILES string of the molecule is Cc1cc(C)c(-c2cc3c4cc5c(cc4c(-c4c(C)cc(C)cc4C)cc3c3cc4c(cc23)-c2ccc(-c3c(C)cc(C#N)cc3C#N)c3cccc-4c23)-c2ccc(-c3c(C)cc(C#N)cc3C#N)c3cccc-5c23)c(C)c1. The molecule has 0 saturated heterocycles. The van der Waals surface area contributed by atoms with Gasteiger partial charge in [-0.15, -0.1) is 0 Å². The lowest BCUT2D eigenvalue weighted by Crippen LogP contribution is -1.96. The summed E-state index contributed by atoms with van der Waals surface area (Å²) in [6.45, 7) is 17.4. The molecule has 0 radical (unpaired) electrons. The number of hydrogen-bond acceptors (Lipinski definition) is 4. The standard InChI is InChI=1S/C74H48N4/c1-37-19-39(3)69(40(4)20-37)67-31-63-62-28-58-52-14-10-12-50-54(72-44(8)24-46(34-76)26-48(72)36-78)16-18-56(74(50)52)60(58)30-66(62)68(70-41(5)21-38(2)22-42(70)6)32-64(63)61-27-57-51-13-9-11-49-53(15-17-55(73(49)51)59(57)29-65(61)67)71-43(7)23-45(33-75)25-47(71)35-77/h9-32H,1-8H3. The predicted molar refractivity (Wildman–Crippen MR) is 321 cm³/mol. The van der Waals surface area contributed by atoms with E-state index in [1.807, 2.05) is 26.0 Å². The molecule has 12 aromatic rings. The van der Waals surface area contributed by atoms with Gasteiger partial charge in [0.1, 0.15) is 0 Å². The smallest absolute Gasteiger partial charge is 0.0998 e. The molecule has 12 aromatic carbocycles. The fourth-order valence-corrected chi connectivity index (χ4v) is 14.4. The van der Waals surface area contributed by atoms with E-state index < -0.39 is 0 Å². The summed E-state index contributed by atoms with van der Waals surface area (Å²) in [7, 11) is 0. The number of benzene rings is 12. The van der Waals surface area contributed by atoms with Crippen LogP contribution in [0.25, 0.3) is 143 Å². The highest BCUT2D eigenvalue weighted by Gasteiger charge is 2.30. The molecule has 0 fully saturated rings. The summed E-state index contributed by atoms with van der Waals surface area (Å²) in [6.07, 6.45) is 0. The summed E-state index contributed by atoms with van der Waals surface area (Å²) >= 11 is 0. The van der Waals surface area contributed by atoms with Crippen molar-refractivity contribution >= 4 is 53.9 Å². The van der Waals surface area contributed by atoms with E-state index in [9.17, 15) is 21.0 Å². The van der Waals surface area contributed by atoms with Gasteiger partial charge < -0.3 is 0 Å². The predicted octanol–water partition coefficient (Wildman–Crippen LogP) is 19.4. The van der Waals surface area contributed by atoms with Crippen LogP contribution in [0.15, 0.2) is 146 Å². The summed E-state index contributed by atoms with van der Waals surface area (Å²) in [6, 6.07) is 62.6. The Labute approximate surface area is 453 Å². The first kappa shape index (κ1) is 46.4. The first-order valence-electron chi connectivity index (χ1n) is 26.5. The van der Waals surface area contributed by atoms with Crippen molar-refractivity contribution in [2.24, 2.45) is 0 Å². The van der Waals surface area contributed by atoms with Crippen molar-refractivity contribution in [1.29, 1.82) is 21.0 Å². The fraction of sp³-hybridized carbons (Fsp3) is 0.108. The molecule has 0 aliphatic heterocycles. The van der Waals surface area contributed by atoms with E-state index >= 15 is 0 Å². The van der Waals surface area contributed by atoms with Gasteiger partial charge in [-0.3, -0.25) is 0 Å². The molecule has 0 atom stereocenters. The lowest BCUT2D eigenvalue weighted by Gasteiger charge is -2.21. The Morgan fingerprint density at radius 3 is 0.910 bits per heavy atom. The minimum absolute atomic E-state index is 0.482. The van der Waals surface area contributed by atoms with Crippen LogP contribution in [0.4, 0.5) is 0 Å². The van der Waals surface area contributed by atoms with Gasteiger partial charge in [-0.05, 0) is 281 Å². The first-order chi connectivity index (χ1) is 37.8. The monoisotopic (exact) mass is 992 g/mol. The molecular weight excluding hydrogens is 945 g/mol. The highest BCUT2D eigenvalue weighted by molar-refractivity contribution is 6.30. The van der Waals surface area contributed by atoms with Gasteiger partial charge in [-0.1, -0.05) is 96.1 Å². The molecule has 4 heteroatoms. The second-order valence-corrected chi connectivity index (χ2v) is 22.0. The Morgan fingerprint density at radius 2 is 0.551 bits per heavy atom. The lowest BCUT2D eigenvalue weighted by atomic mass is 9.82. The van der Waals surface area contributed by atoms with Crippen molar-refractivity contribution in [2.45, 2.75) is 55.4 Å². The third-order valence-corrected chi connectivity index (χ3v) is 17.2. The Hall–Kier alpha value is -10.1. The van der Waals surface area contributed by atoms with Gasteiger partial charge in [0.25, 0.3) is 0 Å².